The number of ether oxygens (including phenoxy) is 2. The first kappa shape index (κ1) is 19.2. The summed E-state index contributed by atoms with van der Waals surface area (Å²) in [6.07, 6.45) is 0.0881. The molecule has 0 bridgehead atoms. The van der Waals surface area contributed by atoms with Crippen LogP contribution in [0.25, 0.3) is 0 Å². The van der Waals surface area contributed by atoms with Crippen molar-refractivity contribution in [1.29, 1.82) is 0 Å². The zero-order chi connectivity index (χ0) is 19.4. The van der Waals surface area contributed by atoms with Crippen LogP contribution in [-0.2, 0) is 4.74 Å². The van der Waals surface area contributed by atoms with Gasteiger partial charge in [-0.05, 0) is 51.1 Å². The molecule has 0 saturated carbocycles. The highest BCUT2D eigenvalue weighted by Gasteiger charge is 2.24. The molecule has 1 fully saturated rings. The molecule has 0 aliphatic carbocycles. The molecule has 5 nitrogen and oxygen atoms in total. The SMILES string of the molecule is CCOc1ccccc1C(=O)Nc1ccc(N2CC(C)OC(C)C2)c(F)c1. The minimum Gasteiger partial charge on any atom is -0.493 e. The van der Waals surface area contributed by atoms with Gasteiger partial charge in [0.15, 0.2) is 0 Å². The lowest BCUT2D eigenvalue weighted by molar-refractivity contribution is -0.00539. The number of anilines is 2. The van der Waals surface area contributed by atoms with Crippen LogP contribution in [0.4, 0.5) is 15.8 Å². The average Bonchev–Trinajstić information content (AvgIpc) is 2.61. The number of benzene rings is 2. The monoisotopic (exact) mass is 372 g/mol. The van der Waals surface area contributed by atoms with Crippen molar-refractivity contribution < 1.29 is 18.7 Å². The van der Waals surface area contributed by atoms with Gasteiger partial charge in [-0.3, -0.25) is 4.79 Å². The summed E-state index contributed by atoms with van der Waals surface area (Å²) < 4.78 is 25.9. The molecular formula is C21H25FN2O3. The average molecular weight is 372 g/mol. The normalized spacial score (nSPS) is 19.6. The number of halogens is 1. The number of carbonyl (C=O) groups excluding carboxylic acids is 1. The quantitative estimate of drug-likeness (QED) is 0.859. The van der Waals surface area contributed by atoms with Crippen LogP contribution in [0.15, 0.2) is 42.5 Å². The third-order valence-electron chi connectivity index (χ3n) is 4.40. The number of hydrogen-bond acceptors (Lipinski definition) is 4. The zero-order valence-electron chi connectivity index (χ0n) is 15.9. The Bertz CT molecular complexity index is 802. The van der Waals surface area contributed by atoms with E-state index in [1.807, 2.05) is 25.7 Å². The summed E-state index contributed by atoms with van der Waals surface area (Å²) in [7, 11) is 0. The maximum absolute atomic E-state index is 14.7. The highest BCUT2D eigenvalue weighted by Crippen LogP contribution is 2.27. The number of rotatable bonds is 5. The third kappa shape index (κ3) is 4.57. The Morgan fingerprint density at radius 3 is 2.59 bits per heavy atom. The Balaban J connectivity index is 1.75. The van der Waals surface area contributed by atoms with Gasteiger partial charge in [-0.2, -0.15) is 0 Å². The fourth-order valence-corrected chi connectivity index (χ4v) is 3.35. The smallest absolute Gasteiger partial charge is 0.259 e. The number of amides is 1. The number of carbonyl (C=O) groups is 1. The summed E-state index contributed by atoms with van der Waals surface area (Å²) in [5.41, 5.74) is 1.34. The standard InChI is InChI=1S/C21H25FN2O3/c1-4-26-20-8-6-5-7-17(20)21(25)23-16-9-10-19(18(22)11-16)24-12-14(2)27-15(3)13-24/h5-11,14-15H,4,12-13H2,1-3H3,(H,23,25). The van der Waals surface area contributed by atoms with Gasteiger partial charge in [-0.15, -0.1) is 0 Å². The van der Waals surface area contributed by atoms with Crippen LogP contribution in [0, 0.1) is 5.82 Å². The molecule has 2 unspecified atom stereocenters. The first-order chi connectivity index (χ1) is 13.0. The van der Waals surface area contributed by atoms with E-state index in [1.54, 1.807) is 36.4 Å². The Morgan fingerprint density at radius 1 is 1.22 bits per heavy atom. The first-order valence-corrected chi connectivity index (χ1v) is 9.21. The lowest BCUT2D eigenvalue weighted by Crippen LogP contribution is -2.45. The minimum absolute atomic E-state index is 0.0441. The topological polar surface area (TPSA) is 50.8 Å². The predicted molar refractivity (Wildman–Crippen MR) is 104 cm³/mol. The van der Waals surface area contributed by atoms with Crippen molar-refractivity contribution in [3.63, 3.8) is 0 Å². The van der Waals surface area contributed by atoms with Crippen LogP contribution < -0.4 is 15.0 Å². The van der Waals surface area contributed by atoms with E-state index in [9.17, 15) is 9.18 Å². The van der Waals surface area contributed by atoms with Gasteiger partial charge in [0.05, 0.1) is 30.1 Å². The molecule has 27 heavy (non-hydrogen) atoms. The van der Waals surface area contributed by atoms with Gasteiger partial charge in [0.1, 0.15) is 11.6 Å². The molecular weight excluding hydrogens is 347 g/mol. The molecule has 1 heterocycles. The van der Waals surface area contributed by atoms with E-state index >= 15 is 0 Å². The molecule has 1 amide bonds. The number of morpholine rings is 1. The molecule has 1 aliphatic rings. The van der Waals surface area contributed by atoms with Crippen molar-refractivity contribution in [2.45, 2.75) is 33.0 Å². The van der Waals surface area contributed by atoms with Crippen LogP contribution >= 0.6 is 0 Å². The summed E-state index contributed by atoms with van der Waals surface area (Å²) in [5, 5.41) is 2.74. The summed E-state index contributed by atoms with van der Waals surface area (Å²) in [6, 6.07) is 11.8. The number of hydrogen-bond donors (Lipinski definition) is 1. The molecule has 1 aliphatic heterocycles. The maximum atomic E-state index is 14.7. The second-order valence-electron chi connectivity index (χ2n) is 6.71. The summed E-state index contributed by atoms with van der Waals surface area (Å²) >= 11 is 0. The van der Waals surface area contributed by atoms with E-state index in [-0.39, 0.29) is 23.9 Å². The van der Waals surface area contributed by atoms with Gasteiger partial charge in [-0.1, -0.05) is 12.1 Å². The second kappa shape index (κ2) is 8.39. The molecule has 2 aromatic carbocycles. The number of para-hydroxylation sites is 1. The number of nitrogens with zero attached hydrogens (tertiary/aromatic N) is 1. The molecule has 2 atom stereocenters. The Morgan fingerprint density at radius 2 is 1.93 bits per heavy atom. The van der Waals surface area contributed by atoms with Crippen molar-refractivity contribution in [3.05, 3.63) is 53.8 Å². The van der Waals surface area contributed by atoms with Gasteiger partial charge in [0, 0.05) is 18.8 Å². The maximum Gasteiger partial charge on any atom is 0.259 e. The van der Waals surface area contributed by atoms with Gasteiger partial charge >= 0.3 is 0 Å². The predicted octanol–water partition coefficient (Wildman–Crippen LogP) is 4.09. The van der Waals surface area contributed by atoms with E-state index in [4.69, 9.17) is 9.47 Å². The largest absolute Gasteiger partial charge is 0.493 e. The van der Waals surface area contributed by atoms with Gasteiger partial charge in [0.2, 0.25) is 0 Å². The number of nitrogens with one attached hydrogen (secondary N) is 1. The van der Waals surface area contributed by atoms with Gasteiger partial charge in [-0.25, -0.2) is 4.39 Å². The molecule has 6 heteroatoms. The lowest BCUT2D eigenvalue weighted by Gasteiger charge is -2.37. The molecule has 1 saturated heterocycles. The van der Waals surface area contributed by atoms with Crippen LogP contribution in [0.3, 0.4) is 0 Å². The molecule has 0 aromatic heterocycles. The summed E-state index contributed by atoms with van der Waals surface area (Å²) in [6.45, 7) is 7.54. The van der Waals surface area contributed by atoms with Crippen LogP contribution in [0.2, 0.25) is 0 Å². The van der Waals surface area contributed by atoms with E-state index in [1.165, 1.54) is 6.07 Å². The van der Waals surface area contributed by atoms with E-state index < -0.39 is 0 Å². The van der Waals surface area contributed by atoms with Crippen molar-refractivity contribution in [1.82, 2.24) is 0 Å². The van der Waals surface area contributed by atoms with E-state index in [0.717, 1.165) is 0 Å². The van der Waals surface area contributed by atoms with Crippen molar-refractivity contribution in [2.75, 3.05) is 29.9 Å². The van der Waals surface area contributed by atoms with Crippen LogP contribution in [0.1, 0.15) is 31.1 Å². The molecule has 1 N–H and O–H groups in total. The first-order valence-electron chi connectivity index (χ1n) is 9.21. The lowest BCUT2D eigenvalue weighted by atomic mass is 10.1. The minimum atomic E-state index is -0.368. The molecule has 3 rings (SSSR count). The van der Waals surface area contributed by atoms with Crippen LogP contribution in [-0.4, -0.2) is 37.8 Å². The van der Waals surface area contributed by atoms with E-state index in [2.05, 4.69) is 5.32 Å². The van der Waals surface area contributed by atoms with Gasteiger partial charge < -0.3 is 19.7 Å². The summed E-state index contributed by atoms with van der Waals surface area (Å²) in [4.78, 5) is 14.5. The Hall–Kier alpha value is -2.60. The highest BCUT2D eigenvalue weighted by atomic mass is 19.1. The van der Waals surface area contributed by atoms with E-state index in [0.29, 0.717) is 42.4 Å². The molecule has 144 valence electrons. The van der Waals surface area contributed by atoms with Gasteiger partial charge in [0.25, 0.3) is 5.91 Å². The fourth-order valence-electron chi connectivity index (χ4n) is 3.35. The van der Waals surface area contributed by atoms with Crippen molar-refractivity contribution in [3.8, 4) is 5.75 Å². The van der Waals surface area contributed by atoms with Crippen molar-refractivity contribution >= 4 is 17.3 Å². The zero-order valence-corrected chi connectivity index (χ0v) is 15.9. The third-order valence-corrected chi connectivity index (χ3v) is 4.40. The highest BCUT2D eigenvalue weighted by molar-refractivity contribution is 6.06. The molecule has 0 spiro atoms. The van der Waals surface area contributed by atoms with Crippen molar-refractivity contribution in [2.24, 2.45) is 0 Å². The fraction of sp³-hybridized carbons (Fsp3) is 0.381. The molecule has 0 radical (unpaired) electrons. The molecule has 2 aromatic rings. The Labute approximate surface area is 159 Å². The van der Waals surface area contributed by atoms with Crippen LogP contribution in [0.5, 0.6) is 5.75 Å². The second-order valence-corrected chi connectivity index (χ2v) is 6.71. The summed E-state index contributed by atoms with van der Waals surface area (Å²) in [5.74, 6) is -0.196. The Kier molecular flexibility index (Phi) is 5.96.